The third-order valence-electron chi connectivity index (χ3n) is 5.36. The lowest BCUT2D eigenvalue weighted by molar-refractivity contribution is -0.141. The molecule has 0 spiro atoms. The normalized spacial score (nSPS) is 19.0. The first-order valence-corrected chi connectivity index (χ1v) is 10.1. The number of hydroxylamine groups is 2. The largest absolute Gasteiger partial charge is 0.465 e. The Hall–Kier alpha value is -3.93. The molecule has 0 unspecified atom stereocenters. The fourth-order valence-electron chi connectivity index (χ4n) is 4.02. The number of urea groups is 1. The summed E-state index contributed by atoms with van der Waals surface area (Å²) in [6.45, 7) is 2.60. The Bertz CT molecular complexity index is 1050. The Balaban J connectivity index is 1.66. The van der Waals surface area contributed by atoms with E-state index in [4.69, 9.17) is 15.4 Å². The molecule has 12 heteroatoms. The molecule has 4 amide bonds. The van der Waals surface area contributed by atoms with Crippen molar-refractivity contribution in [2.45, 2.75) is 32.0 Å². The summed E-state index contributed by atoms with van der Waals surface area (Å²) in [5.74, 6) is -0.299. The average molecular weight is 441 g/mol. The van der Waals surface area contributed by atoms with Gasteiger partial charge in [-0.25, -0.2) is 14.4 Å². The number of carbonyl (C=O) groups is 3. The number of fused-ring (bicyclic) bond motifs is 4. The van der Waals surface area contributed by atoms with E-state index in [1.165, 1.54) is 20.8 Å². The molecule has 1 fully saturated rings. The van der Waals surface area contributed by atoms with Gasteiger partial charge in [-0.3, -0.25) is 15.6 Å². The minimum atomic E-state index is -1.37. The van der Waals surface area contributed by atoms with Crippen LogP contribution < -0.4 is 10.6 Å². The van der Waals surface area contributed by atoms with Crippen LogP contribution in [0.15, 0.2) is 36.5 Å². The number of nitrogens with one attached hydrogen (secondary N) is 3. The van der Waals surface area contributed by atoms with Crippen molar-refractivity contribution in [2.75, 3.05) is 13.1 Å². The zero-order valence-electron chi connectivity index (χ0n) is 17.3. The third-order valence-corrected chi connectivity index (χ3v) is 5.36. The Kier molecular flexibility index (Phi) is 5.77. The summed E-state index contributed by atoms with van der Waals surface area (Å²) >= 11 is 0. The van der Waals surface area contributed by atoms with E-state index in [0.29, 0.717) is 17.8 Å². The van der Waals surface area contributed by atoms with Crippen LogP contribution in [0.5, 0.6) is 0 Å². The molecule has 168 valence electrons. The Labute approximate surface area is 183 Å². The van der Waals surface area contributed by atoms with Gasteiger partial charge in [0, 0.05) is 18.5 Å². The van der Waals surface area contributed by atoms with Crippen molar-refractivity contribution in [2.24, 2.45) is 0 Å². The maximum Gasteiger partial charge on any atom is 0.410 e. The van der Waals surface area contributed by atoms with Gasteiger partial charge >= 0.3 is 18.2 Å². The minimum Gasteiger partial charge on any atom is -0.465 e. The fraction of sp³-hybridized carbons (Fsp3) is 0.350. The van der Waals surface area contributed by atoms with Crippen LogP contribution in [0.25, 0.3) is 0 Å². The first-order valence-electron chi connectivity index (χ1n) is 10.1. The van der Waals surface area contributed by atoms with E-state index < -0.39 is 30.2 Å². The van der Waals surface area contributed by atoms with Gasteiger partial charge in [0.15, 0.2) is 0 Å². The van der Waals surface area contributed by atoms with E-state index >= 15 is 0 Å². The van der Waals surface area contributed by atoms with Crippen LogP contribution in [0, 0.1) is 5.41 Å². The van der Waals surface area contributed by atoms with Crippen molar-refractivity contribution in [3.05, 3.63) is 53.3 Å². The summed E-state index contributed by atoms with van der Waals surface area (Å²) in [6, 6.07) is 7.26. The zero-order chi connectivity index (χ0) is 22.8. The monoisotopic (exact) mass is 441 g/mol. The molecule has 0 saturated carbocycles. The second-order valence-corrected chi connectivity index (χ2v) is 7.40. The molecule has 3 heterocycles. The van der Waals surface area contributed by atoms with Gasteiger partial charge in [0.05, 0.1) is 24.5 Å². The number of hydrogen-bond acceptors (Lipinski definition) is 6. The van der Waals surface area contributed by atoms with Gasteiger partial charge in [0.25, 0.3) is 0 Å². The van der Waals surface area contributed by atoms with Gasteiger partial charge < -0.3 is 15.3 Å². The van der Waals surface area contributed by atoms with Crippen molar-refractivity contribution in [3.63, 3.8) is 0 Å². The molecule has 0 radical (unpaired) electrons. The molecule has 1 aromatic heterocycles. The number of hydrogen-bond donors (Lipinski definition) is 4. The summed E-state index contributed by atoms with van der Waals surface area (Å²) in [5.41, 5.74) is 1.95. The van der Waals surface area contributed by atoms with Gasteiger partial charge in [-0.15, -0.1) is 0 Å². The van der Waals surface area contributed by atoms with E-state index in [2.05, 4.69) is 10.4 Å². The molecule has 1 saturated heterocycles. The number of carbonyl (C=O) groups excluding carboxylic acids is 2. The Morgan fingerprint density at radius 2 is 2.06 bits per heavy atom. The summed E-state index contributed by atoms with van der Waals surface area (Å²) in [6.07, 6.45) is 0.0162. The molecule has 2 bridgehead atoms. The van der Waals surface area contributed by atoms with Gasteiger partial charge in [-0.1, -0.05) is 30.3 Å². The standard InChI is InChI=1S/C20H23N7O5/c1-2-22-18(28)26-17-13(9-23-26)15-10-25(14(17)8-16(21)24-19(29)30)20(31)27(15)32-11-12-6-4-3-5-7-12/h3-7,9,14-15H,2,8,10-11H2,1H3,(H2,21,24)(H,22,28)(H,29,30)/t14-,15-/m1/s1. The van der Waals surface area contributed by atoms with Crippen LogP contribution in [-0.2, 0) is 11.4 Å². The Morgan fingerprint density at radius 1 is 1.31 bits per heavy atom. The van der Waals surface area contributed by atoms with Gasteiger partial charge in [0.1, 0.15) is 18.5 Å². The maximum absolute atomic E-state index is 13.2. The highest BCUT2D eigenvalue weighted by Crippen LogP contribution is 2.45. The second kappa shape index (κ2) is 8.67. The van der Waals surface area contributed by atoms with Crippen molar-refractivity contribution in [1.29, 1.82) is 5.41 Å². The number of amidine groups is 1. The first-order chi connectivity index (χ1) is 15.4. The highest BCUT2D eigenvalue weighted by Gasteiger charge is 2.51. The van der Waals surface area contributed by atoms with Crippen molar-refractivity contribution < 1.29 is 24.3 Å². The number of benzene rings is 1. The quantitative estimate of drug-likeness (QED) is 0.398. The molecule has 2 atom stereocenters. The molecule has 4 rings (SSSR count). The molecule has 32 heavy (non-hydrogen) atoms. The maximum atomic E-state index is 13.2. The highest BCUT2D eigenvalue weighted by atomic mass is 16.7. The molecular weight excluding hydrogens is 418 g/mol. The third kappa shape index (κ3) is 3.87. The van der Waals surface area contributed by atoms with E-state index in [0.717, 1.165) is 5.56 Å². The molecule has 2 aliphatic rings. The molecular formula is C20H23N7O5. The summed E-state index contributed by atoms with van der Waals surface area (Å²) in [4.78, 5) is 44.0. The van der Waals surface area contributed by atoms with E-state index in [1.54, 1.807) is 6.92 Å². The second-order valence-electron chi connectivity index (χ2n) is 7.40. The highest BCUT2D eigenvalue weighted by molar-refractivity contribution is 5.93. The van der Waals surface area contributed by atoms with Crippen LogP contribution in [0.1, 0.15) is 42.2 Å². The Morgan fingerprint density at radius 3 is 2.75 bits per heavy atom. The predicted octanol–water partition coefficient (Wildman–Crippen LogP) is 2.06. The summed E-state index contributed by atoms with van der Waals surface area (Å²) in [7, 11) is 0. The van der Waals surface area contributed by atoms with Crippen LogP contribution in [0.4, 0.5) is 14.4 Å². The molecule has 12 nitrogen and oxygen atoms in total. The number of nitrogens with zero attached hydrogens (tertiary/aromatic N) is 4. The lowest BCUT2D eigenvalue weighted by atomic mass is 9.95. The summed E-state index contributed by atoms with van der Waals surface area (Å²) < 4.78 is 1.17. The van der Waals surface area contributed by atoms with Crippen LogP contribution in [0.3, 0.4) is 0 Å². The zero-order valence-corrected chi connectivity index (χ0v) is 17.3. The number of carboxylic acid groups (broad SMARTS) is 1. The number of rotatable bonds is 6. The lowest BCUT2D eigenvalue weighted by Gasteiger charge is -2.31. The van der Waals surface area contributed by atoms with E-state index in [9.17, 15) is 14.4 Å². The SMILES string of the molecule is CCNC(=O)n1ncc2c1[C@@H](CC(=N)NC(=O)O)N1C[C@H]2N(OCc2ccccc2)C1=O. The molecule has 2 aromatic rings. The predicted molar refractivity (Wildman–Crippen MR) is 111 cm³/mol. The van der Waals surface area contributed by atoms with Gasteiger partial charge in [0.2, 0.25) is 0 Å². The fourth-order valence-corrected chi connectivity index (χ4v) is 4.02. The molecule has 4 N–H and O–H groups in total. The average Bonchev–Trinajstić information content (AvgIpc) is 3.31. The minimum absolute atomic E-state index is 0.130. The van der Waals surface area contributed by atoms with Gasteiger partial charge in [-0.05, 0) is 12.5 Å². The molecule has 1 aromatic carbocycles. The topological polar surface area (TPSA) is 153 Å². The number of aromatic nitrogens is 2. The van der Waals surface area contributed by atoms with Crippen LogP contribution in [0.2, 0.25) is 0 Å². The first kappa shape index (κ1) is 21.3. The van der Waals surface area contributed by atoms with Crippen molar-refractivity contribution >= 4 is 24.0 Å². The number of amides is 4. The van der Waals surface area contributed by atoms with Crippen LogP contribution >= 0.6 is 0 Å². The van der Waals surface area contributed by atoms with Crippen molar-refractivity contribution in [1.82, 2.24) is 30.4 Å². The van der Waals surface area contributed by atoms with E-state index in [-0.39, 0.29) is 25.4 Å². The van der Waals surface area contributed by atoms with Crippen molar-refractivity contribution in [3.8, 4) is 0 Å². The van der Waals surface area contributed by atoms with Gasteiger partial charge in [-0.2, -0.15) is 14.8 Å². The molecule has 2 aliphatic heterocycles. The summed E-state index contributed by atoms with van der Waals surface area (Å²) in [5, 5.41) is 27.1. The molecule has 0 aliphatic carbocycles. The van der Waals surface area contributed by atoms with Crippen LogP contribution in [-0.4, -0.2) is 61.9 Å². The lowest BCUT2D eigenvalue weighted by Crippen LogP contribution is -2.41. The smallest absolute Gasteiger partial charge is 0.410 e. The van der Waals surface area contributed by atoms with E-state index in [1.807, 2.05) is 35.6 Å².